The zero-order valence-electron chi connectivity index (χ0n) is 17.6. The van der Waals surface area contributed by atoms with Gasteiger partial charge >= 0.3 is 12.1 Å². The second-order valence-corrected chi connectivity index (χ2v) is 7.15. The molecular formula is C20H21ClF3N3O5. The molecule has 0 fully saturated rings. The number of methoxy groups -OCH3 is 1. The van der Waals surface area contributed by atoms with Gasteiger partial charge in [-0.25, -0.2) is 9.78 Å². The van der Waals surface area contributed by atoms with Gasteiger partial charge in [0.15, 0.2) is 12.3 Å². The average molecular weight is 476 g/mol. The Labute approximate surface area is 187 Å². The van der Waals surface area contributed by atoms with E-state index in [0.717, 1.165) is 6.07 Å². The number of nitrogens with one attached hydrogen (secondary N) is 1. The fourth-order valence-corrected chi connectivity index (χ4v) is 2.58. The predicted molar refractivity (Wildman–Crippen MR) is 108 cm³/mol. The second-order valence-electron chi connectivity index (χ2n) is 6.74. The van der Waals surface area contributed by atoms with E-state index in [-0.39, 0.29) is 16.7 Å². The summed E-state index contributed by atoms with van der Waals surface area (Å²) in [5.41, 5.74) is -0.991. The smallest absolute Gasteiger partial charge is 0.417 e. The summed E-state index contributed by atoms with van der Waals surface area (Å²) >= 11 is 5.82. The Hall–Kier alpha value is -3.05. The zero-order valence-corrected chi connectivity index (χ0v) is 18.3. The van der Waals surface area contributed by atoms with Crippen LogP contribution in [0.4, 0.5) is 13.2 Å². The number of hydrogen-bond donors (Lipinski definition) is 1. The zero-order chi connectivity index (χ0) is 24.1. The maximum absolute atomic E-state index is 12.7. The van der Waals surface area contributed by atoms with E-state index in [2.05, 4.69) is 15.0 Å². The Balaban J connectivity index is 2.00. The highest BCUT2D eigenvalue weighted by atomic mass is 35.5. The molecule has 0 spiro atoms. The Kier molecular flexibility index (Phi) is 8.28. The molecule has 2 atom stereocenters. The van der Waals surface area contributed by atoms with E-state index in [1.54, 1.807) is 14.1 Å². The van der Waals surface area contributed by atoms with E-state index >= 15 is 0 Å². The standard InChI is InChI=1S/C20H21ClF3N3O5/c1-11(17(28)26-16(27(2)3)19(29)30-4)31-13-5-7-14(8-6-13)32-18-15(21)9-12(10-25-18)20(22,23)24/h5-11,16H,1-4H3,(H,26,28). The van der Waals surface area contributed by atoms with Crippen LogP contribution in [-0.2, 0) is 20.5 Å². The van der Waals surface area contributed by atoms with Crippen LogP contribution in [0.25, 0.3) is 0 Å². The maximum Gasteiger partial charge on any atom is 0.417 e. The van der Waals surface area contributed by atoms with Gasteiger partial charge in [-0.1, -0.05) is 11.6 Å². The molecular weight excluding hydrogens is 455 g/mol. The van der Waals surface area contributed by atoms with Crippen molar-refractivity contribution in [3.8, 4) is 17.4 Å². The highest BCUT2D eigenvalue weighted by Gasteiger charge is 2.32. The summed E-state index contributed by atoms with van der Waals surface area (Å²) in [6, 6.07) is 6.62. The number of halogens is 4. The number of hydrogen-bond acceptors (Lipinski definition) is 7. The van der Waals surface area contributed by atoms with Crippen molar-refractivity contribution >= 4 is 23.5 Å². The number of alkyl halides is 3. The minimum absolute atomic E-state index is 0.196. The van der Waals surface area contributed by atoms with Crippen molar-refractivity contribution in [1.82, 2.24) is 15.2 Å². The Morgan fingerprint density at radius 2 is 1.75 bits per heavy atom. The number of aromatic nitrogens is 1. The predicted octanol–water partition coefficient (Wildman–Crippen LogP) is 3.49. The number of likely N-dealkylation sites (N-methyl/N-ethyl adjacent to an activating group) is 1. The first-order valence-electron chi connectivity index (χ1n) is 9.14. The van der Waals surface area contributed by atoms with Gasteiger partial charge < -0.3 is 19.5 Å². The summed E-state index contributed by atoms with van der Waals surface area (Å²) in [4.78, 5) is 29.1. The van der Waals surface area contributed by atoms with Gasteiger partial charge in [-0.2, -0.15) is 13.2 Å². The van der Waals surface area contributed by atoms with Crippen molar-refractivity contribution in [3.05, 3.63) is 47.1 Å². The number of carbonyl (C=O) groups is 2. The Morgan fingerprint density at radius 1 is 1.16 bits per heavy atom. The SMILES string of the molecule is COC(=O)C(NC(=O)C(C)Oc1ccc(Oc2ncc(C(F)(F)F)cc2Cl)cc1)N(C)C. The molecule has 0 saturated carbocycles. The molecule has 0 saturated heterocycles. The Morgan fingerprint density at radius 3 is 2.25 bits per heavy atom. The van der Waals surface area contributed by atoms with E-state index in [0.29, 0.717) is 11.9 Å². The van der Waals surface area contributed by atoms with Crippen LogP contribution in [0.5, 0.6) is 17.4 Å². The van der Waals surface area contributed by atoms with E-state index in [1.165, 1.54) is 43.2 Å². The number of rotatable bonds is 8. The fourth-order valence-electron chi connectivity index (χ4n) is 2.37. The molecule has 0 radical (unpaired) electrons. The van der Waals surface area contributed by atoms with Crippen molar-refractivity contribution < 1.29 is 37.0 Å². The van der Waals surface area contributed by atoms with Crippen LogP contribution in [0.1, 0.15) is 12.5 Å². The first-order valence-corrected chi connectivity index (χ1v) is 9.52. The van der Waals surface area contributed by atoms with Crippen LogP contribution in [0.15, 0.2) is 36.5 Å². The van der Waals surface area contributed by atoms with Gasteiger partial charge in [0.2, 0.25) is 5.88 Å². The van der Waals surface area contributed by atoms with Gasteiger partial charge in [0.1, 0.15) is 16.5 Å². The highest BCUT2D eigenvalue weighted by molar-refractivity contribution is 6.31. The number of nitrogens with zero attached hydrogens (tertiary/aromatic N) is 2. The third kappa shape index (κ3) is 6.72. The van der Waals surface area contributed by atoms with Crippen LogP contribution in [-0.4, -0.2) is 55.2 Å². The van der Waals surface area contributed by atoms with E-state index in [1.807, 2.05) is 0 Å². The van der Waals surface area contributed by atoms with Crippen molar-refractivity contribution in [3.63, 3.8) is 0 Å². The monoisotopic (exact) mass is 475 g/mol. The average Bonchev–Trinajstić information content (AvgIpc) is 2.73. The van der Waals surface area contributed by atoms with Crippen LogP contribution in [0.2, 0.25) is 5.02 Å². The molecule has 174 valence electrons. The molecule has 2 aromatic rings. The number of ether oxygens (including phenoxy) is 3. The molecule has 0 aliphatic carbocycles. The molecule has 1 amide bonds. The van der Waals surface area contributed by atoms with Crippen molar-refractivity contribution in [2.24, 2.45) is 0 Å². The van der Waals surface area contributed by atoms with Crippen molar-refractivity contribution in [2.45, 2.75) is 25.4 Å². The quantitative estimate of drug-likeness (QED) is 0.461. The number of carbonyl (C=O) groups excluding carboxylic acids is 2. The van der Waals surface area contributed by atoms with Crippen LogP contribution in [0.3, 0.4) is 0 Å². The molecule has 0 bridgehead atoms. The van der Waals surface area contributed by atoms with Gasteiger partial charge in [0.05, 0.1) is 12.7 Å². The van der Waals surface area contributed by atoms with E-state index in [9.17, 15) is 22.8 Å². The number of amides is 1. The highest BCUT2D eigenvalue weighted by Crippen LogP contribution is 2.34. The van der Waals surface area contributed by atoms with E-state index in [4.69, 9.17) is 21.1 Å². The molecule has 2 unspecified atom stereocenters. The van der Waals surface area contributed by atoms with Gasteiger partial charge in [0, 0.05) is 6.20 Å². The van der Waals surface area contributed by atoms with Crippen LogP contribution >= 0.6 is 11.6 Å². The van der Waals surface area contributed by atoms with E-state index < -0.39 is 35.9 Å². The second kappa shape index (κ2) is 10.5. The number of benzene rings is 1. The van der Waals surface area contributed by atoms with Gasteiger partial charge in [0.25, 0.3) is 5.91 Å². The fraction of sp³-hybridized carbons (Fsp3) is 0.350. The summed E-state index contributed by atoms with van der Waals surface area (Å²) in [6.07, 6.45) is -5.87. The molecule has 1 N–H and O–H groups in total. The third-order valence-corrected chi connectivity index (χ3v) is 4.35. The summed E-state index contributed by atoms with van der Waals surface area (Å²) in [5.74, 6) is -0.825. The molecule has 0 aliphatic heterocycles. The Bertz CT molecular complexity index is 954. The number of esters is 1. The molecule has 1 heterocycles. The minimum atomic E-state index is -4.57. The lowest BCUT2D eigenvalue weighted by atomic mass is 10.3. The molecule has 32 heavy (non-hydrogen) atoms. The third-order valence-electron chi connectivity index (χ3n) is 4.07. The van der Waals surface area contributed by atoms with Gasteiger partial charge in [-0.15, -0.1) is 0 Å². The lowest BCUT2D eigenvalue weighted by Gasteiger charge is -2.24. The molecule has 12 heteroatoms. The van der Waals surface area contributed by atoms with Crippen LogP contribution < -0.4 is 14.8 Å². The molecule has 0 aliphatic rings. The lowest BCUT2D eigenvalue weighted by molar-refractivity contribution is -0.150. The number of pyridine rings is 1. The molecule has 2 rings (SSSR count). The largest absolute Gasteiger partial charge is 0.481 e. The molecule has 8 nitrogen and oxygen atoms in total. The molecule has 1 aromatic heterocycles. The first kappa shape index (κ1) is 25.2. The normalized spacial score (nSPS) is 13.3. The lowest BCUT2D eigenvalue weighted by Crippen LogP contribution is -2.53. The summed E-state index contributed by atoms with van der Waals surface area (Å²) < 4.78 is 53.7. The van der Waals surface area contributed by atoms with Gasteiger partial charge in [-0.05, 0) is 51.4 Å². The van der Waals surface area contributed by atoms with Crippen molar-refractivity contribution in [2.75, 3.05) is 21.2 Å². The maximum atomic E-state index is 12.7. The minimum Gasteiger partial charge on any atom is -0.481 e. The first-order chi connectivity index (χ1) is 14.9. The summed E-state index contributed by atoms with van der Waals surface area (Å²) in [7, 11) is 4.41. The molecule has 1 aromatic carbocycles. The van der Waals surface area contributed by atoms with Crippen LogP contribution in [0, 0.1) is 0 Å². The van der Waals surface area contributed by atoms with Crippen molar-refractivity contribution in [1.29, 1.82) is 0 Å². The van der Waals surface area contributed by atoms with Gasteiger partial charge in [-0.3, -0.25) is 9.69 Å². The summed E-state index contributed by atoms with van der Waals surface area (Å²) in [6.45, 7) is 1.50. The topological polar surface area (TPSA) is 90.0 Å². The summed E-state index contributed by atoms with van der Waals surface area (Å²) in [5, 5.41) is 2.21.